The Labute approximate surface area is 222 Å². The molecule has 0 spiro atoms. The summed E-state index contributed by atoms with van der Waals surface area (Å²) < 4.78 is 4.61. The van der Waals surface area contributed by atoms with Crippen LogP contribution in [0.1, 0.15) is 94.6 Å². The molecule has 2 nitrogen and oxygen atoms in total. The van der Waals surface area contributed by atoms with Crippen molar-refractivity contribution in [3.8, 4) is 23.7 Å². The molecule has 0 aromatic carbocycles. The number of rotatable bonds is 0. The lowest BCUT2D eigenvalue weighted by Crippen LogP contribution is -3.00. The Morgan fingerprint density at radius 2 is 0.909 bits per heavy atom. The number of aryl methyl sites for hydroxylation is 2. The quantitative estimate of drug-likeness (QED) is 0.304. The number of hydrogen-bond acceptors (Lipinski definition) is 0. The van der Waals surface area contributed by atoms with Crippen LogP contribution in [0.2, 0.25) is 0 Å². The summed E-state index contributed by atoms with van der Waals surface area (Å²) in [5.41, 5.74) is 2.29. The van der Waals surface area contributed by atoms with Gasteiger partial charge in [0.25, 0.3) is 0 Å². The van der Waals surface area contributed by atoms with E-state index in [1.807, 2.05) is 0 Å². The second-order valence-corrected chi connectivity index (χ2v) is 8.65. The topological polar surface area (TPSA) is 7.76 Å². The molecule has 178 valence electrons. The first kappa shape index (κ1) is 29.4. The molecule has 0 fully saturated rings. The molecule has 0 atom stereocenters. The molecule has 33 heavy (non-hydrogen) atoms. The molecule has 0 amide bonds. The van der Waals surface area contributed by atoms with Gasteiger partial charge in [0.1, 0.15) is 13.1 Å². The molecule has 0 saturated carbocycles. The van der Waals surface area contributed by atoms with Crippen LogP contribution in [-0.4, -0.2) is 0 Å². The summed E-state index contributed by atoms with van der Waals surface area (Å²) in [4.78, 5) is 0. The third kappa shape index (κ3) is 13.0. The normalized spacial score (nSPS) is 16.0. The molecule has 0 radical (unpaired) electrons. The van der Waals surface area contributed by atoms with Gasteiger partial charge in [-0.1, -0.05) is 55.8 Å². The van der Waals surface area contributed by atoms with Crippen LogP contribution in [0, 0.1) is 23.7 Å². The predicted molar refractivity (Wildman–Crippen MR) is 127 cm³/mol. The Morgan fingerprint density at radius 3 is 1.36 bits per heavy atom. The van der Waals surface area contributed by atoms with Crippen LogP contribution < -0.4 is 43.1 Å². The van der Waals surface area contributed by atoms with Crippen LogP contribution >= 0.6 is 0 Å². The van der Waals surface area contributed by atoms with Crippen molar-refractivity contribution in [1.82, 2.24) is 0 Å². The van der Waals surface area contributed by atoms with Gasteiger partial charge in [0, 0.05) is 37.8 Å². The lowest BCUT2D eigenvalue weighted by Gasteiger charge is -2.01. The third-order valence-electron chi connectivity index (χ3n) is 5.87. The fourth-order valence-corrected chi connectivity index (χ4v) is 4.05. The Hall–Kier alpha value is -1.62. The summed E-state index contributed by atoms with van der Waals surface area (Å²) >= 11 is 0. The summed E-state index contributed by atoms with van der Waals surface area (Å²) in [5, 5.41) is 0. The zero-order chi connectivity index (χ0) is 21.4. The van der Waals surface area contributed by atoms with Gasteiger partial charge in [-0.05, 0) is 37.8 Å². The first-order chi connectivity index (χ1) is 15.4. The lowest BCUT2D eigenvalue weighted by molar-refractivity contribution is -0.697. The van der Waals surface area contributed by atoms with E-state index in [1.54, 1.807) is 0 Å². The average molecular weight is 574 g/mol. The van der Waals surface area contributed by atoms with Crippen LogP contribution in [0.25, 0.3) is 0 Å². The summed E-state index contributed by atoms with van der Waals surface area (Å²) in [5.74, 6) is 13.4. The zero-order valence-corrected chi connectivity index (χ0v) is 23.0. The SMILES string of the molecule is C1#Cc2ccc[n+](c2)CCCCCCCCC[n+]2cccc(c2)C#CCCCCCC1.[Br-].[Br-]. The molecule has 0 unspecified atom stereocenters. The van der Waals surface area contributed by atoms with Crippen LogP contribution in [0.3, 0.4) is 0 Å². The summed E-state index contributed by atoms with van der Waals surface area (Å²) in [6, 6.07) is 8.52. The zero-order valence-electron chi connectivity index (χ0n) is 19.9. The number of pyridine rings is 2. The number of fused-ring (bicyclic) bond motifs is 4. The molecule has 2 aromatic heterocycles. The molecule has 0 aliphatic carbocycles. The van der Waals surface area contributed by atoms with E-state index in [0.29, 0.717) is 0 Å². The fraction of sp³-hybridized carbons (Fsp3) is 0.517. The van der Waals surface area contributed by atoms with E-state index in [1.165, 1.54) is 70.6 Å². The molecular weight excluding hydrogens is 536 g/mol. The average Bonchev–Trinajstić information content (AvgIpc) is 2.79. The van der Waals surface area contributed by atoms with Crippen LogP contribution in [0.4, 0.5) is 0 Å². The monoisotopic (exact) mass is 572 g/mol. The van der Waals surface area contributed by atoms with Gasteiger partial charge < -0.3 is 34.0 Å². The van der Waals surface area contributed by atoms with E-state index in [4.69, 9.17) is 0 Å². The molecule has 0 saturated heterocycles. The first-order valence-corrected chi connectivity index (χ1v) is 12.4. The van der Waals surface area contributed by atoms with Gasteiger partial charge in [0.05, 0.1) is 11.1 Å². The van der Waals surface area contributed by atoms with Crippen molar-refractivity contribution in [3.63, 3.8) is 0 Å². The van der Waals surface area contributed by atoms with Crippen LogP contribution in [0.5, 0.6) is 0 Å². The molecule has 4 heteroatoms. The summed E-state index contributed by atoms with van der Waals surface area (Å²) in [6.07, 6.45) is 24.8. The van der Waals surface area contributed by atoms with E-state index in [-0.39, 0.29) is 34.0 Å². The minimum absolute atomic E-state index is 0. The Bertz CT molecular complexity index is 843. The van der Waals surface area contributed by atoms with Crippen molar-refractivity contribution in [2.24, 2.45) is 0 Å². The van der Waals surface area contributed by atoms with Crippen molar-refractivity contribution in [3.05, 3.63) is 60.2 Å². The first-order valence-electron chi connectivity index (χ1n) is 12.4. The fourth-order valence-electron chi connectivity index (χ4n) is 4.05. The highest BCUT2D eigenvalue weighted by atomic mass is 79.9. The smallest absolute Gasteiger partial charge is 0.184 e. The number of halogens is 2. The van der Waals surface area contributed by atoms with Crippen molar-refractivity contribution < 1.29 is 43.1 Å². The molecule has 1 aliphatic rings. The van der Waals surface area contributed by atoms with E-state index in [2.05, 4.69) is 81.9 Å². The largest absolute Gasteiger partial charge is 1.00 e. The minimum Gasteiger partial charge on any atom is -1.00 e. The van der Waals surface area contributed by atoms with Gasteiger partial charge in [0.15, 0.2) is 24.8 Å². The van der Waals surface area contributed by atoms with Gasteiger partial charge in [-0.2, -0.15) is 0 Å². The van der Waals surface area contributed by atoms with Gasteiger partial charge in [-0.25, -0.2) is 9.13 Å². The highest BCUT2D eigenvalue weighted by Gasteiger charge is 2.03. The maximum Gasteiger partial charge on any atom is 0.184 e. The Balaban J connectivity index is 0.00000272. The Kier molecular flexibility index (Phi) is 16.7. The van der Waals surface area contributed by atoms with E-state index >= 15 is 0 Å². The van der Waals surface area contributed by atoms with Gasteiger partial charge in [-0.3, -0.25) is 0 Å². The predicted octanol–water partition coefficient (Wildman–Crippen LogP) is -0.242. The highest BCUT2D eigenvalue weighted by Crippen LogP contribution is 2.08. The second kappa shape index (κ2) is 18.8. The highest BCUT2D eigenvalue weighted by molar-refractivity contribution is 5.30. The lowest BCUT2D eigenvalue weighted by atomic mass is 10.1. The molecular formula is C29H38Br2N2. The maximum absolute atomic E-state index is 3.36. The molecule has 1 aliphatic heterocycles. The van der Waals surface area contributed by atoms with Gasteiger partial charge in [0.2, 0.25) is 0 Å². The third-order valence-corrected chi connectivity index (χ3v) is 5.87. The molecule has 2 aromatic rings. The van der Waals surface area contributed by atoms with Gasteiger partial charge >= 0.3 is 0 Å². The van der Waals surface area contributed by atoms with E-state index < -0.39 is 0 Å². The minimum atomic E-state index is 0. The summed E-state index contributed by atoms with van der Waals surface area (Å²) in [7, 11) is 0. The molecule has 0 N–H and O–H groups in total. The standard InChI is InChI=1S/C29H38N2.2BrH/c1-2-5-9-13-19-29-21-17-25-31(27-29)23-15-11-7-3-6-10-14-22-30-24-16-20-28(26-30)18-12-8-4-1;;/h16-17,20-21,24-27H,1-11,14-15,22-23H2;2*1H/q+2;;/p-2. The number of nitrogens with zero attached hydrogens (tertiary/aromatic N) is 2. The van der Waals surface area contributed by atoms with Crippen molar-refractivity contribution in [1.29, 1.82) is 0 Å². The molecule has 3 rings (SSSR count). The summed E-state index contributed by atoms with van der Waals surface area (Å²) in [6.45, 7) is 2.20. The second-order valence-electron chi connectivity index (χ2n) is 8.65. The van der Waals surface area contributed by atoms with Crippen molar-refractivity contribution >= 4 is 0 Å². The van der Waals surface area contributed by atoms with Crippen molar-refractivity contribution in [2.45, 2.75) is 96.6 Å². The van der Waals surface area contributed by atoms with Crippen LogP contribution in [-0.2, 0) is 13.1 Å². The van der Waals surface area contributed by atoms with E-state index in [9.17, 15) is 0 Å². The number of aromatic nitrogens is 2. The van der Waals surface area contributed by atoms with Gasteiger partial charge in [-0.15, -0.1) is 0 Å². The van der Waals surface area contributed by atoms with E-state index in [0.717, 1.165) is 37.1 Å². The van der Waals surface area contributed by atoms with Crippen molar-refractivity contribution in [2.75, 3.05) is 0 Å². The number of hydrogen-bond donors (Lipinski definition) is 0. The molecule has 4 bridgehead atoms. The Morgan fingerprint density at radius 1 is 0.515 bits per heavy atom. The molecule has 3 heterocycles. The maximum atomic E-state index is 3.36. The van der Waals surface area contributed by atoms with Crippen LogP contribution in [0.15, 0.2) is 49.1 Å².